The molecule has 1 aromatic rings. The van der Waals surface area contributed by atoms with Crippen molar-refractivity contribution in [1.29, 1.82) is 0 Å². The number of rotatable bonds is 4. The molecule has 0 saturated carbocycles. The van der Waals surface area contributed by atoms with E-state index in [-0.39, 0.29) is 11.6 Å². The van der Waals surface area contributed by atoms with Crippen molar-refractivity contribution in [1.82, 2.24) is 5.32 Å². The summed E-state index contributed by atoms with van der Waals surface area (Å²) in [6, 6.07) is 3.80. The topological polar surface area (TPSA) is 39.7 Å². The molecule has 4 nitrogen and oxygen atoms in total. The van der Waals surface area contributed by atoms with Crippen LogP contribution in [-0.4, -0.2) is 39.1 Å². The lowest BCUT2D eigenvalue weighted by Crippen LogP contribution is -2.44. The number of halogens is 2. The largest absolute Gasteiger partial charge is 0.492 e. The number of hydrogen-bond donors (Lipinski definition) is 1. The van der Waals surface area contributed by atoms with Gasteiger partial charge in [0.25, 0.3) is 0 Å². The van der Waals surface area contributed by atoms with E-state index in [4.69, 9.17) is 37.4 Å². The minimum atomic E-state index is -0.235. The van der Waals surface area contributed by atoms with Crippen LogP contribution < -0.4 is 10.1 Å². The van der Waals surface area contributed by atoms with Crippen molar-refractivity contribution in [2.45, 2.75) is 24.5 Å². The van der Waals surface area contributed by atoms with Crippen molar-refractivity contribution >= 4 is 23.2 Å². The van der Waals surface area contributed by atoms with Crippen molar-refractivity contribution in [2.24, 2.45) is 0 Å². The second kappa shape index (κ2) is 6.31. The lowest BCUT2D eigenvalue weighted by molar-refractivity contribution is -0.0182. The van der Waals surface area contributed by atoms with Crippen molar-refractivity contribution in [3.05, 3.63) is 27.7 Å². The first-order valence-corrected chi connectivity index (χ1v) is 7.87. The summed E-state index contributed by atoms with van der Waals surface area (Å²) in [5.74, 6) is 0.735. The lowest BCUT2D eigenvalue weighted by atomic mass is 9.97. The smallest absolute Gasteiger partial charge is 0.142 e. The zero-order valence-corrected chi connectivity index (χ0v) is 13.5. The summed E-state index contributed by atoms with van der Waals surface area (Å²) in [6.07, 6.45) is 1.78. The van der Waals surface area contributed by atoms with Crippen LogP contribution in [0.25, 0.3) is 0 Å². The highest BCUT2D eigenvalue weighted by Gasteiger charge is 2.36. The minimum Gasteiger partial charge on any atom is -0.492 e. The Morgan fingerprint density at radius 3 is 2.95 bits per heavy atom. The van der Waals surface area contributed by atoms with Gasteiger partial charge < -0.3 is 19.5 Å². The molecular weight excluding hydrogens is 313 g/mol. The number of nitrogens with one attached hydrogen (secondary N) is 1. The van der Waals surface area contributed by atoms with Gasteiger partial charge in [0.15, 0.2) is 0 Å². The Bertz CT molecular complexity index is 518. The van der Waals surface area contributed by atoms with Crippen LogP contribution in [0.2, 0.25) is 10.0 Å². The summed E-state index contributed by atoms with van der Waals surface area (Å²) in [6.45, 7) is 2.75. The number of fused-ring (bicyclic) bond motifs is 1. The highest BCUT2D eigenvalue weighted by Crippen LogP contribution is 2.40. The monoisotopic (exact) mass is 331 g/mol. The van der Waals surface area contributed by atoms with Crippen LogP contribution in [0.3, 0.4) is 0 Å². The first-order chi connectivity index (χ1) is 10.1. The van der Waals surface area contributed by atoms with E-state index >= 15 is 0 Å². The molecule has 2 aliphatic rings. The number of ether oxygens (including phenoxy) is 3. The molecular formula is C15H19Cl2NO3. The standard InChI is InChI=1S/C15H19Cl2NO3/c1-19-15(3-5-20-9-15)8-18-13-2-4-21-14-11(13)6-10(16)7-12(14)17/h6-7,13,18H,2-5,8-9H2,1H3. The van der Waals surface area contributed by atoms with E-state index in [9.17, 15) is 0 Å². The lowest BCUT2D eigenvalue weighted by Gasteiger charge is -2.32. The third-order valence-corrected chi connectivity index (χ3v) is 4.74. The van der Waals surface area contributed by atoms with Gasteiger partial charge in [0.1, 0.15) is 11.4 Å². The average molecular weight is 332 g/mol. The van der Waals surface area contributed by atoms with Crippen molar-refractivity contribution in [3.63, 3.8) is 0 Å². The summed E-state index contributed by atoms with van der Waals surface area (Å²) >= 11 is 12.3. The van der Waals surface area contributed by atoms with Gasteiger partial charge in [0.2, 0.25) is 0 Å². The number of benzene rings is 1. The van der Waals surface area contributed by atoms with Gasteiger partial charge in [0, 0.05) is 49.7 Å². The Morgan fingerprint density at radius 2 is 2.24 bits per heavy atom. The van der Waals surface area contributed by atoms with Crippen LogP contribution in [0.4, 0.5) is 0 Å². The van der Waals surface area contributed by atoms with Gasteiger partial charge in [-0.2, -0.15) is 0 Å². The van der Waals surface area contributed by atoms with Crippen LogP contribution in [0.5, 0.6) is 5.75 Å². The van der Waals surface area contributed by atoms with E-state index < -0.39 is 0 Å². The maximum absolute atomic E-state index is 6.21. The molecule has 2 unspecified atom stereocenters. The molecule has 2 atom stereocenters. The summed E-state index contributed by atoms with van der Waals surface area (Å²) in [5, 5.41) is 4.75. The molecule has 1 N–H and O–H groups in total. The average Bonchev–Trinajstić information content (AvgIpc) is 2.95. The Labute approximate surface area is 134 Å². The maximum atomic E-state index is 6.21. The van der Waals surface area contributed by atoms with E-state index in [0.29, 0.717) is 23.3 Å². The highest BCUT2D eigenvalue weighted by molar-refractivity contribution is 6.35. The molecule has 0 aliphatic carbocycles. The highest BCUT2D eigenvalue weighted by atomic mass is 35.5. The molecule has 2 aliphatic heterocycles. The molecule has 0 amide bonds. The molecule has 3 rings (SSSR count). The Morgan fingerprint density at radius 1 is 1.38 bits per heavy atom. The molecule has 1 saturated heterocycles. The fourth-order valence-electron chi connectivity index (χ4n) is 2.91. The van der Waals surface area contributed by atoms with Crippen molar-refractivity contribution in [3.8, 4) is 5.75 Å². The number of methoxy groups -OCH3 is 1. The minimum absolute atomic E-state index is 0.164. The zero-order chi connectivity index (χ0) is 14.9. The first kappa shape index (κ1) is 15.4. The van der Waals surface area contributed by atoms with Gasteiger partial charge in [0.05, 0.1) is 18.2 Å². The molecule has 1 fully saturated rings. The zero-order valence-electron chi connectivity index (χ0n) is 12.0. The Balaban J connectivity index is 1.76. The Kier molecular flexibility index (Phi) is 4.62. The van der Waals surface area contributed by atoms with Gasteiger partial charge in [-0.15, -0.1) is 0 Å². The van der Waals surface area contributed by atoms with Crippen LogP contribution in [0.15, 0.2) is 12.1 Å². The van der Waals surface area contributed by atoms with E-state index in [1.165, 1.54) is 0 Å². The predicted molar refractivity (Wildman–Crippen MR) is 82.5 cm³/mol. The van der Waals surface area contributed by atoms with Crippen LogP contribution >= 0.6 is 23.2 Å². The van der Waals surface area contributed by atoms with E-state index in [1.807, 2.05) is 6.07 Å². The maximum Gasteiger partial charge on any atom is 0.142 e. The van der Waals surface area contributed by atoms with E-state index in [0.717, 1.165) is 37.3 Å². The molecule has 21 heavy (non-hydrogen) atoms. The molecule has 0 bridgehead atoms. The van der Waals surface area contributed by atoms with Gasteiger partial charge in [-0.1, -0.05) is 23.2 Å². The first-order valence-electron chi connectivity index (χ1n) is 7.11. The second-order valence-electron chi connectivity index (χ2n) is 5.57. The molecule has 2 heterocycles. The van der Waals surface area contributed by atoms with Crippen LogP contribution in [0, 0.1) is 0 Å². The summed E-state index contributed by atoms with van der Waals surface area (Å²) < 4.78 is 16.8. The normalized spacial score (nSPS) is 28.2. The quantitative estimate of drug-likeness (QED) is 0.919. The third-order valence-electron chi connectivity index (χ3n) is 4.24. The molecule has 0 aromatic heterocycles. The Hall–Kier alpha value is -0.520. The number of hydrogen-bond acceptors (Lipinski definition) is 4. The summed E-state index contributed by atoms with van der Waals surface area (Å²) in [5.41, 5.74) is 0.782. The molecule has 116 valence electrons. The van der Waals surface area contributed by atoms with Gasteiger partial charge >= 0.3 is 0 Å². The van der Waals surface area contributed by atoms with E-state index in [2.05, 4.69) is 5.32 Å². The van der Waals surface area contributed by atoms with Crippen LogP contribution in [-0.2, 0) is 9.47 Å². The molecule has 1 aromatic carbocycles. The van der Waals surface area contributed by atoms with E-state index in [1.54, 1.807) is 13.2 Å². The van der Waals surface area contributed by atoms with Crippen LogP contribution in [0.1, 0.15) is 24.4 Å². The van der Waals surface area contributed by atoms with Gasteiger partial charge in [-0.05, 0) is 12.1 Å². The fourth-order valence-corrected chi connectivity index (χ4v) is 3.47. The van der Waals surface area contributed by atoms with Gasteiger partial charge in [-0.3, -0.25) is 0 Å². The SMILES string of the molecule is COC1(CNC2CCOc3c(Cl)cc(Cl)cc32)CCOC1. The van der Waals surface area contributed by atoms with Gasteiger partial charge in [-0.25, -0.2) is 0 Å². The molecule has 0 radical (unpaired) electrons. The predicted octanol–water partition coefficient (Wildman–Crippen LogP) is 3.21. The fraction of sp³-hybridized carbons (Fsp3) is 0.600. The second-order valence-corrected chi connectivity index (χ2v) is 6.41. The summed E-state index contributed by atoms with van der Waals surface area (Å²) in [7, 11) is 1.74. The molecule has 6 heteroatoms. The third kappa shape index (κ3) is 3.15. The van der Waals surface area contributed by atoms with Crippen molar-refractivity contribution < 1.29 is 14.2 Å². The summed E-state index contributed by atoms with van der Waals surface area (Å²) in [4.78, 5) is 0. The van der Waals surface area contributed by atoms with Crippen molar-refractivity contribution in [2.75, 3.05) is 33.5 Å². The molecule has 0 spiro atoms.